The van der Waals surface area contributed by atoms with Gasteiger partial charge in [-0.15, -0.1) is 0 Å². The third kappa shape index (κ3) is 5.31. The number of carbonyl (C=O) groups excluding carboxylic acids is 3. The van der Waals surface area contributed by atoms with Crippen molar-refractivity contribution < 1.29 is 19.1 Å². The molecule has 0 saturated carbocycles. The first kappa shape index (κ1) is 19.0. The number of rotatable bonds is 6. The molecular formula is C18H15Cl2NO4. The topological polar surface area (TPSA) is 72.5 Å². The molecule has 5 nitrogen and oxygen atoms in total. The predicted molar refractivity (Wildman–Crippen MR) is 95.1 cm³/mol. The van der Waals surface area contributed by atoms with Crippen molar-refractivity contribution in [2.45, 2.75) is 13.0 Å². The Hall–Kier alpha value is -2.37. The maximum Gasteiger partial charge on any atom is 0.338 e. The third-order valence-corrected chi connectivity index (χ3v) is 3.99. The monoisotopic (exact) mass is 379 g/mol. The molecule has 1 amide bonds. The number of halogens is 2. The van der Waals surface area contributed by atoms with Gasteiger partial charge in [0.05, 0.1) is 11.6 Å². The highest BCUT2D eigenvalue weighted by atomic mass is 35.5. The van der Waals surface area contributed by atoms with E-state index in [2.05, 4.69) is 5.32 Å². The van der Waals surface area contributed by atoms with Crippen molar-refractivity contribution >= 4 is 41.4 Å². The van der Waals surface area contributed by atoms with Crippen molar-refractivity contribution in [1.82, 2.24) is 5.32 Å². The van der Waals surface area contributed by atoms with E-state index in [0.717, 1.165) is 0 Å². The minimum atomic E-state index is -0.648. The first-order chi connectivity index (χ1) is 11.9. The second kappa shape index (κ2) is 8.65. The van der Waals surface area contributed by atoms with E-state index >= 15 is 0 Å². The van der Waals surface area contributed by atoms with Crippen molar-refractivity contribution in [3.05, 3.63) is 69.2 Å². The van der Waals surface area contributed by atoms with Gasteiger partial charge in [0, 0.05) is 15.6 Å². The number of nitrogens with one attached hydrogen (secondary N) is 1. The van der Waals surface area contributed by atoms with E-state index in [0.29, 0.717) is 27.5 Å². The molecule has 7 heteroatoms. The fourth-order valence-corrected chi connectivity index (χ4v) is 2.70. The Balaban J connectivity index is 1.88. The summed E-state index contributed by atoms with van der Waals surface area (Å²) < 4.78 is 4.96. The lowest BCUT2D eigenvalue weighted by molar-refractivity contribution is -0.124. The van der Waals surface area contributed by atoms with Crippen molar-refractivity contribution in [1.29, 1.82) is 0 Å². The first-order valence-electron chi connectivity index (χ1n) is 7.37. The van der Waals surface area contributed by atoms with E-state index in [9.17, 15) is 14.4 Å². The number of ether oxygens (including phenoxy) is 1. The van der Waals surface area contributed by atoms with Crippen molar-refractivity contribution in [3.8, 4) is 0 Å². The second-order valence-electron chi connectivity index (χ2n) is 5.27. The highest BCUT2D eigenvalue weighted by Gasteiger charge is 2.15. The molecule has 0 saturated heterocycles. The molecule has 0 aliphatic rings. The summed E-state index contributed by atoms with van der Waals surface area (Å²) >= 11 is 11.9. The molecule has 0 fully saturated rings. The molecular weight excluding hydrogens is 365 g/mol. The van der Waals surface area contributed by atoms with Gasteiger partial charge in [-0.3, -0.25) is 9.59 Å². The lowest BCUT2D eigenvalue weighted by Crippen LogP contribution is -2.31. The van der Waals surface area contributed by atoms with Gasteiger partial charge in [-0.05, 0) is 36.8 Å². The lowest BCUT2D eigenvalue weighted by Gasteiger charge is -2.16. The lowest BCUT2D eigenvalue weighted by atomic mass is 10.1. The van der Waals surface area contributed by atoms with Gasteiger partial charge in [0.1, 0.15) is 6.29 Å². The van der Waals surface area contributed by atoms with E-state index in [1.54, 1.807) is 25.1 Å². The molecule has 1 N–H and O–H groups in total. The van der Waals surface area contributed by atoms with Crippen LogP contribution in [0.4, 0.5) is 0 Å². The van der Waals surface area contributed by atoms with Gasteiger partial charge < -0.3 is 10.1 Å². The number of carbonyl (C=O) groups is 3. The molecule has 0 aliphatic heterocycles. The van der Waals surface area contributed by atoms with Crippen LogP contribution in [0.3, 0.4) is 0 Å². The van der Waals surface area contributed by atoms with Crippen LogP contribution >= 0.6 is 23.2 Å². The van der Waals surface area contributed by atoms with Crippen molar-refractivity contribution in [2.75, 3.05) is 6.61 Å². The van der Waals surface area contributed by atoms with Gasteiger partial charge >= 0.3 is 5.97 Å². The van der Waals surface area contributed by atoms with Gasteiger partial charge in [0.25, 0.3) is 5.91 Å². The van der Waals surface area contributed by atoms with Crippen LogP contribution in [0.1, 0.15) is 39.2 Å². The summed E-state index contributed by atoms with van der Waals surface area (Å²) in [6, 6.07) is 10.5. The molecule has 2 rings (SSSR count). The zero-order chi connectivity index (χ0) is 18.4. The zero-order valence-electron chi connectivity index (χ0n) is 13.3. The molecule has 2 aromatic carbocycles. The number of amides is 1. The van der Waals surface area contributed by atoms with E-state index in [4.69, 9.17) is 27.9 Å². The van der Waals surface area contributed by atoms with Crippen LogP contribution in [-0.2, 0) is 9.53 Å². The van der Waals surface area contributed by atoms with Crippen LogP contribution in [0.25, 0.3) is 0 Å². The van der Waals surface area contributed by atoms with Crippen LogP contribution in [0.2, 0.25) is 10.0 Å². The van der Waals surface area contributed by atoms with Gasteiger partial charge in [-0.25, -0.2) is 4.79 Å². The van der Waals surface area contributed by atoms with E-state index in [-0.39, 0.29) is 11.6 Å². The van der Waals surface area contributed by atoms with E-state index < -0.39 is 18.5 Å². The summed E-state index contributed by atoms with van der Waals surface area (Å²) in [5.74, 6) is -1.11. The molecule has 0 heterocycles. The zero-order valence-corrected chi connectivity index (χ0v) is 14.8. The van der Waals surface area contributed by atoms with Crippen LogP contribution in [0.15, 0.2) is 42.5 Å². The number of benzene rings is 2. The maximum absolute atomic E-state index is 11.9. The molecule has 0 aromatic heterocycles. The molecule has 1 unspecified atom stereocenters. The maximum atomic E-state index is 11.9. The molecule has 0 bridgehead atoms. The van der Waals surface area contributed by atoms with Crippen molar-refractivity contribution in [2.24, 2.45) is 0 Å². The van der Waals surface area contributed by atoms with Crippen LogP contribution in [0, 0.1) is 0 Å². The Labute approximate surface area is 154 Å². The van der Waals surface area contributed by atoms with Gasteiger partial charge in [-0.1, -0.05) is 41.4 Å². The molecule has 2 aromatic rings. The smallest absolute Gasteiger partial charge is 0.338 e. The molecule has 130 valence electrons. The summed E-state index contributed by atoms with van der Waals surface area (Å²) in [6.45, 7) is 1.33. The standard InChI is InChI=1S/C18H15Cl2NO4/c1-11(15-7-6-14(19)8-16(15)20)21-17(23)10-25-18(24)13-4-2-12(9-22)3-5-13/h2-9,11H,10H2,1H3,(H,21,23). The van der Waals surface area contributed by atoms with Gasteiger partial charge in [-0.2, -0.15) is 0 Å². The van der Waals surface area contributed by atoms with Crippen molar-refractivity contribution in [3.63, 3.8) is 0 Å². The number of hydrogen-bond donors (Lipinski definition) is 1. The predicted octanol–water partition coefficient (Wildman–Crippen LogP) is 3.84. The molecule has 0 radical (unpaired) electrons. The first-order valence-corrected chi connectivity index (χ1v) is 8.13. The second-order valence-corrected chi connectivity index (χ2v) is 6.11. The highest BCUT2D eigenvalue weighted by molar-refractivity contribution is 6.35. The molecule has 0 spiro atoms. The van der Waals surface area contributed by atoms with Gasteiger partial charge in [0.15, 0.2) is 6.61 Å². The molecule has 25 heavy (non-hydrogen) atoms. The Morgan fingerprint density at radius 2 is 1.84 bits per heavy atom. The Morgan fingerprint density at radius 1 is 1.16 bits per heavy atom. The highest BCUT2D eigenvalue weighted by Crippen LogP contribution is 2.25. The Kier molecular flexibility index (Phi) is 6.56. The average Bonchev–Trinajstić information content (AvgIpc) is 2.59. The number of esters is 1. The van der Waals surface area contributed by atoms with E-state index in [1.165, 1.54) is 24.3 Å². The molecule has 1 atom stereocenters. The summed E-state index contributed by atoms with van der Waals surface area (Å²) in [5, 5.41) is 3.63. The Bertz CT molecular complexity index is 790. The number of aldehydes is 1. The molecule has 0 aliphatic carbocycles. The normalized spacial score (nSPS) is 11.5. The summed E-state index contributed by atoms with van der Waals surface area (Å²) in [6.07, 6.45) is 0.672. The largest absolute Gasteiger partial charge is 0.452 e. The summed E-state index contributed by atoms with van der Waals surface area (Å²) in [7, 11) is 0. The average molecular weight is 380 g/mol. The van der Waals surface area contributed by atoms with Gasteiger partial charge in [0.2, 0.25) is 0 Å². The fraction of sp³-hybridized carbons (Fsp3) is 0.167. The van der Waals surface area contributed by atoms with Crippen LogP contribution in [0.5, 0.6) is 0 Å². The Morgan fingerprint density at radius 3 is 2.44 bits per heavy atom. The summed E-state index contributed by atoms with van der Waals surface area (Å²) in [5.41, 5.74) is 1.41. The summed E-state index contributed by atoms with van der Waals surface area (Å²) in [4.78, 5) is 34.4. The van der Waals surface area contributed by atoms with Crippen LogP contribution < -0.4 is 5.32 Å². The van der Waals surface area contributed by atoms with E-state index in [1.807, 2.05) is 0 Å². The minimum absolute atomic E-state index is 0.257. The number of hydrogen-bond acceptors (Lipinski definition) is 4. The quantitative estimate of drug-likeness (QED) is 0.611. The SMILES string of the molecule is CC(NC(=O)COC(=O)c1ccc(C=O)cc1)c1ccc(Cl)cc1Cl. The third-order valence-electron chi connectivity index (χ3n) is 3.42. The van der Waals surface area contributed by atoms with Crippen LogP contribution in [-0.4, -0.2) is 24.8 Å². The minimum Gasteiger partial charge on any atom is -0.452 e. The fourth-order valence-electron chi connectivity index (χ4n) is 2.13.